The van der Waals surface area contributed by atoms with Gasteiger partial charge < -0.3 is 5.73 Å². The summed E-state index contributed by atoms with van der Waals surface area (Å²) in [5.74, 6) is 0. The molecule has 112 valence electrons. The first-order chi connectivity index (χ1) is 9.62. The molecule has 1 aromatic rings. The van der Waals surface area contributed by atoms with Crippen molar-refractivity contribution < 1.29 is 0 Å². The molecule has 0 spiro atoms. The molecule has 20 heavy (non-hydrogen) atoms. The molecule has 1 heterocycles. The molecule has 0 unspecified atom stereocenters. The predicted molar refractivity (Wildman–Crippen MR) is 85.7 cm³/mol. The Balaban J connectivity index is 1.80. The average molecular weight is 275 g/mol. The molecule has 0 saturated carbocycles. The third-order valence-corrected chi connectivity index (χ3v) is 4.47. The van der Waals surface area contributed by atoms with Gasteiger partial charge in [-0.15, -0.1) is 0 Å². The summed E-state index contributed by atoms with van der Waals surface area (Å²) in [6, 6.07) is 10.8. The van der Waals surface area contributed by atoms with Gasteiger partial charge in [0.25, 0.3) is 0 Å². The summed E-state index contributed by atoms with van der Waals surface area (Å²) in [5.41, 5.74) is 7.36. The number of rotatable bonds is 6. The van der Waals surface area contributed by atoms with Crippen LogP contribution in [0, 0.1) is 0 Å². The first kappa shape index (κ1) is 15.5. The van der Waals surface area contributed by atoms with Gasteiger partial charge in [-0.2, -0.15) is 0 Å². The standard InChI is InChI=1S/C17H29N3/c1-17(2,9-6-10-18)20-13-11-19(12-14-20)15-16-7-4-3-5-8-16/h3-5,7-8H,6,9-15,18H2,1-2H3. The molecule has 1 fully saturated rings. The molecular weight excluding hydrogens is 246 g/mol. The van der Waals surface area contributed by atoms with Crippen molar-refractivity contribution in [2.24, 2.45) is 5.73 Å². The Bertz CT molecular complexity index is 380. The SMILES string of the molecule is CC(C)(CCCN)N1CCN(Cc2ccccc2)CC1. The van der Waals surface area contributed by atoms with Gasteiger partial charge in [0.05, 0.1) is 0 Å². The minimum atomic E-state index is 0.290. The molecule has 0 aromatic heterocycles. The van der Waals surface area contributed by atoms with E-state index in [1.165, 1.54) is 38.2 Å². The van der Waals surface area contributed by atoms with Gasteiger partial charge in [0.15, 0.2) is 0 Å². The molecule has 0 bridgehead atoms. The molecule has 0 aliphatic carbocycles. The van der Waals surface area contributed by atoms with Crippen molar-refractivity contribution in [1.82, 2.24) is 9.80 Å². The zero-order valence-electron chi connectivity index (χ0n) is 13.0. The van der Waals surface area contributed by atoms with Crippen LogP contribution in [0.2, 0.25) is 0 Å². The first-order valence-corrected chi connectivity index (χ1v) is 7.83. The number of piperazine rings is 1. The predicted octanol–water partition coefficient (Wildman–Crippen LogP) is 2.32. The number of hydrogen-bond acceptors (Lipinski definition) is 3. The molecule has 2 rings (SSSR count). The number of hydrogen-bond donors (Lipinski definition) is 1. The van der Waals surface area contributed by atoms with Crippen molar-refractivity contribution in [3.05, 3.63) is 35.9 Å². The average Bonchev–Trinajstić information content (AvgIpc) is 2.47. The molecule has 2 N–H and O–H groups in total. The van der Waals surface area contributed by atoms with Crippen molar-refractivity contribution in [3.63, 3.8) is 0 Å². The van der Waals surface area contributed by atoms with Crippen LogP contribution in [0.1, 0.15) is 32.3 Å². The third-order valence-electron chi connectivity index (χ3n) is 4.47. The Hall–Kier alpha value is -0.900. The van der Waals surface area contributed by atoms with Gasteiger partial charge in [0.1, 0.15) is 0 Å². The van der Waals surface area contributed by atoms with E-state index in [4.69, 9.17) is 5.73 Å². The molecule has 1 aromatic carbocycles. The van der Waals surface area contributed by atoms with Gasteiger partial charge in [0, 0.05) is 38.3 Å². The highest BCUT2D eigenvalue weighted by Gasteiger charge is 2.29. The smallest absolute Gasteiger partial charge is 0.0234 e. The van der Waals surface area contributed by atoms with Crippen molar-refractivity contribution in [2.75, 3.05) is 32.7 Å². The van der Waals surface area contributed by atoms with E-state index in [9.17, 15) is 0 Å². The Kier molecular flexibility index (Phi) is 5.58. The van der Waals surface area contributed by atoms with Crippen LogP contribution < -0.4 is 5.73 Å². The summed E-state index contributed by atoms with van der Waals surface area (Å²) in [4.78, 5) is 5.19. The fraction of sp³-hybridized carbons (Fsp3) is 0.647. The summed E-state index contributed by atoms with van der Waals surface area (Å²) in [7, 11) is 0. The lowest BCUT2D eigenvalue weighted by molar-refractivity contribution is 0.0437. The number of nitrogens with two attached hydrogens (primary N) is 1. The highest BCUT2D eigenvalue weighted by molar-refractivity contribution is 5.14. The lowest BCUT2D eigenvalue weighted by Crippen LogP contribution is -2.54. The Labute approximate surface area is 123 Å². The first-order valence-electron chi connectivity index (χ1n) is 7.83. The Morgan fingerprint density at radius 2 is 1.70 bits per heavy atom. The van der Waals surface area contributed by atoms with E-state index in [1.54, 1.807) is 0 Å². The highest BCUT2D eigenvalue weighted by atomic mass is 15.3. The van der Waals surface area contributed by atoms with Gasteiger partial charge in [-0.05, 0) is 38.8 Å². The number of benzene rings is 1. The van der Waals surface area contributed by atoms with Gasteiger partial charge in [-0.3, -0.25) is 9.80 Å². The summed E-state index contributed by atoms with van der Waals surface area (Å²) < 4.78 is 0. The van der Waals surface area contributed by atoms with Crippen LogP contribution >= 0.6 is 0 Å². The molecule has 3 heteroatoms. The van der Waals surface area contributed by atoms with Crippen LogP contribution in [0.4, 0.5) is 0 Å². The second-order valence-corrected chi connectivity index (χ2v) is 6.45. The molecular formula is C17H29N3. The molecule has 1 aliphatic heterocycles. The number of nitrogens with zero attached hydrogens (tertiary/aromatic N) is 2. The summed E-state index contributed by atoms with van der Waals surface area (Å²) >= 11 is 0. The molecule has 0 radical (unpaired) electrons. The maximum atomic E-state index is 5.65. The van der Waals surface area contributed by atoms with Crippen LogP contribution in [-0.4, -0.2) is 48.1 Å². The van der Waals surface area contributed by atoms with E-state index in [1.807, 2.05) is 0 Å². The lowest BCUT2D eigenvalue weighted by Gasteiger charge is -2.44. The molecule has 0 amide bonds. The second-order valence-electron chi connectivity index (χ2n) is 6.45. The quantitative estimate of drug-likeness (QED) is 0.865. The normalized spacial score (nSPS) is 18.4. The third kappa shape index (κ3) is 4.30. The van der Waals surface area contributed by atoms with E-state index < -0.39 is 0 Å². The van der Waals surface area contributed by atoms with Crippen LogP contribution in [-0.2, 0) is 6.54 Å². The van der Waals surface area contributed by atoms with Crippen molar-refractivity contribution >= 4 is 0 Å². The Morgan fingerprint density at radius 3 is 2.30 bits per heavy atom. The van der Waals surface area contributed by atoms with Crippen molar-refractivity contribution in [3.8, 4) is 0 Å². The zero-order valence-corrected chi connectivity index (χ0v) is 13.0. The maximum Gasteiger partial charge on any atom is 0.0234 e. The molecule has 3 nitrogen and oxygen atoms in total. The summed E-state index contributed by atoms with van der Waals surface area (Å²) in [6.07, 6.45) is 2.32. The van der Waals surface area contributed by atoms with E-state index in [0.717, 1.165) is 19.5 Å². The molecule has 0 atom stereocenters. The van der Waals surface area contributed by atoms with E-state index in [0.29, 0.717) is 0 Å². The minimum Gasteiger partial charge on any atom is -0.330 e. The highest BCUT2D eigenvalue weighted by Crippen LogP contribution is 2.22. The van der Waals surface area contributed by atoms with E-state index >= 15 is 0 Å². The molecule has 1 aliphatic rings. The van der Waals surface area contributed by atoms with E-state index in [-0.39, 0.29) is 5.54 Å². The van der Waals surface area contributed by atoms with Crippen molar-refractivity contribution in [1.29, 1.82) is 0 Å². The maximum absolute atomic E-state index is 5.65. The largest absolute Gasteiger partial charge is 0.330 e. The fourth-order valence-electron chi connectivity index (χ4n) is 3.05. The van der Waals surface area contributed by atoms with Crippen molar-refractivity contribution in [2.45, 2.75) is 38.8 Å². The van der Waals surface area contributed by atoms with E-state index in [2.05, 4.69) is 54.0 Å². The topological polar surface area (TPSA) is 32.5 Å². The van der Waals surface area contributed by atoms with Crippen LogP contribution in [0.25, 0.3) is 0 Å². The van der Waals surface area contributed by atoms with Gasteiger partial charge >= 0.3 is 0 Å². The second kappa shape index (κ2) is 7.21. The monoisotopic (exact) mass is 275 g/mol. The minimum absolute atomic E-state index is 0.290. The van der Waals surface area contributed by atoms with Crippen LogP contribution in [0.5, 0.6) is 0 Å². The lowest BCUT2D eigenvalue weighted by atomic mass is 9.95. The summed E-state index contributed by atoms with van der Waals surface area (Å²) in [6.45, 7) is 11.3. The van der Waals surface area contributed by atoms with Gasteiger partial charge in [-0.1, -0.05) is 30.3 Å². The van der Waals surface area contributed by atoms with Gasteiger partial charge in [0.2, 0.25) is 0 Å². The van der Waals surface area contributed by atoms with Crippen LogP contribution in [0.3, 0.4) is 0 Å². The summed E-state index contributed by atoms with van der Waals surface area (Å²) in [5, 5.41) is 0. The molecule has 1 saturated heterocycles. The fourth-order valence-corrected chi connectivity index (χ4v) is 3.05. The van der Waals surface area contributed by atoms with Gasteiger partial charge in [-0.25, -0.2) is 0 Å². The zero-order chi connectivity index (χ0) is 14.4. The van der Waals surface area contributed by atoms with Crippen LogP contribution in [0.15, 0.2) is 30.3 Å². The Morgan fingerprint density at radius 1 is 1.05 bits per heavy atom.